The van der Waals surface area contributed by atoms with E-state index in [9.17, 15) is 9.90 Å². The topological polar surface area (TPSA) is 37.3 Å². The summed E-state index contributed by atoms with van der Waals surface area (Å²) in [6.07, 6.45) is 8.55. The van der Waals surface area contributed by atoms with E-state index >= 15 is 0 Å². The Bertz CT molecular complexity index is 286. The smallest absolute Gasteiger partial charge is 0.141 e. The van der Waals surface area contributed by atoms with Gasteiger partial charge in [-0.2, -0.15) is 0 Å². The van der Waals surface area contributed by atoms with Crippen molar-refractivity contribution in [2.75, 3.05) is 0 Å². The summed E-state index contributed by atoms with van der Waals surface area (Å²) in [6, 6.07) is 0. The number of hydrogen-bond acceptors (Lipinski definition) is 2. The van der Waals surface area contributed by atoms with Gasteiger partial charge in [0, 0.05) is 11.8 Å². The molecule has 0 aromatic heterocycles. The van der Waals surface area contributed by atoms with Crippen LogP contribution in [0.1, 0.15) is 51.4 Å². The van der Waals surface area contributed by atoms with Crippen LogP contribution in [-0.4, -0.2) is 16.5 Å². The highest BCUT2D eigenvalue weighted by atomic mass is 16.3. The molecule has 0 aromatic rings. The summed E-state index contributed by atoms with van der Waals surface area (Å²) in [7, 11) is 0. The Hall–Kier alpha value is -0.370. The zero-order valence-electron chi connectivity index (χ0n) is 9.24. The molecule has 15 heavy (non-hydrogen) atoms. The van der Waals surface area contributed by atoms with E-state index < -0.39 is 5.60 Å². The van der Waals surface area contributed by atoms with Gasteiger partial charge >= 0.3 is 0 Å². The van der Waals surface area contributed by atoms with Gasteiger partial charge in [0.2, 0.25) is 0 Å². The number of rotatable bonds is 0. The Balaban J connectivity index is 1.94. The molecule has 3 fully saturated rings. The molecule has 0 unspecified atom stereocenters. The summed E-state index contributed by atoms with van der Waals surface area (Å²) >= 11 is 0. The monoisotopic (exact) mass is 208 g/mol. The average Bonchev–Trinajstić information content (AvgIpc) is 2.21. The van der Waals surface area contributed by atoms with Crippen LogP contribution in [0.25, 0.3) is 0 Å². The molecule has 0 aromatic carbocycles. The molecule has 3 saturated carbocycles. The van der Waals surface area contributed by atoms with E-state index in [2.05, 4.69) is 0 Å². The largest absolute Gasteiger partial charge is 0.389 e. The fraction of sp³-hybridized carbons (Fsp3) is 0.923. The Labute approximate surface area is 91.1 Å². The molecular weight excluding hydrogens is 188 g/mol. The number of fused-ring (bicyclic) bond motifs is 4. The van der Waals surface area contributed by atoms with Gasteiger partial charge in [-0.15, -0.1) is 0 Å². The first-order valence-corrected chi connectivity index (χ1v) is 6.48. The van der Waals surface area contributed by atoms with Crippen LogP contribution in [0.5, 0.6) is 0 Å². The number of aliphatic hydroxyl groups is 1. The van der Waals surface area contributed by atoms with Gasteiger partial charge in [0.05, 0.1) is 5.60 Å². The third-order valence-electron chi connectivity index (χ3n) is 5.05. The van der Waals surface area contributed by atoms with Crippen molar-refractivity contribution in [3.8, 4) is 0 Å². The van der Waals surface area contributed by atoms with E-state index in [-0.39, 0.29) is 5.92 Å². The van der Waals surface area contributed by atoms with E-state index in [1.54, 1.807) is 0 Å². The molecule has 1 N–H and O–H groups in total. The molecule has 0 radical (unpaired) electrons. The minimum absolute atomic E-state index is 0.00435. The second kappa shape index (κ2) is 3.31. The zero-order valence-corrected chi connectivity index (χ0v) is 9.24. The maximum atomic E-state index is 12.1. The van der Waals surface area contributed by atoms with Crippen LogP contribution in [0, 0.1) is 17.8 Å². The highest BCUT2D eigenvalue weighted by molar-refractivity contribution is 5.86. The Kier molecular flexibility index (Phi) is 2.17. The maximum absolute atomic E-state index is 12.1. The molecule has 0 spiro atoms. The quantitative estimate of drug-likeness (QED) is 0.663. The van der Waals surface area contributed by atoms with Gasteiger partial charge < -0.3 is 5.11 Å². The van der Waals surface area contributed by atoms with Crippen molar-refractivity contribution in [2.45, 2.75) is 57.0 Å². The third kappa shape index (κ3) is 1.30. The first kappa shape index (κ1) is 9.83. The first-order chi connectivity index (χ1) is 7.22. The fourth-order valence-corrected chi connectivity index (χ4v) is 4.24. The van der Waals surface area contributed by atoms with E-state index in [1.165, 1.54) is 6.42 Å². The van der Waals surface area contributed by atoms with Crippen LogP contribution in [0.4, 0.5) is 0 Å². The number of ketones is 1. The van der Waals surface area contributed by atoms with Crippen molar-refractivity contribution >= 4 is 5.78 Å². The standard InChI is InChI=1S/C13H20O2/c14-12-9-4-3-6-11(12)13(15)7-2-1-5-10(13)8-9/h9-11,15H,1-8H2/t9-,10-,11+,13-/m0/s1. The van der Waals surface area contributed by atoms with Gasteiger partial charge in [0.25, 0.3) is 0 Å². The van der Waals surface area contributed by atoms with Crippen LogP contribution >= 0.6 is 0 Å². The van der Waals surface area contributed by atoms with Crippen molar-refractivity contribution in [3.63, 3.8) is 0 Å². The fourth-order valence-electron chi connectivity index (χ4n) is 4.24. The van der Waals surface area contributed by atoms with Gasteiger partial charge in [-0.3, -0.25) is 4.79 Å². The minimum atomic E-state index is -0.605. The Morgan fingerprint density at radius 3 is 2.87 bits per heavy atom. The molecule has 3 aliphatic rings. The highest BCUT2D eigenvalue weighted by Gasteiger charge is 2.55. The minimum Gasteiger partial charge on any atom is -0.389 e. The number of carbonyl (C=O) groups is 1. The van der Waals surface area contributed by atoms with Gasteiger partial charge in [-0.25, -0.2) is 0 Å². The lowest BCUT2D eigenvalue weighted by Gasteiger charge is -2.52. The van der Waals surface area contributed by atoms with Crippen LogP contribution in [0.3, 0.4) is 0 Å². The molecule has 2 bridgehead atoms. The normalized spacial score (nSPS) is 49.9. The molecular formula is C13H20O2. The number of carbonyl (C=O) groups excluding carboxylic acids is 1. The van der Waals surface area contributed by atoms with Crippen molar-refractivity contribution in [1.82, 2.24) is 0 Å². The molecule has 3 aliphatic carbocycles. The van der Waals surface area contributed by atoms with E-state index in [1.807, 2.05) is 0 Å². The Morgan fingerprint density at radius 1 is 1.13 bits per heavy atom. The van der Waals surface area contributed by atoms with Crippen LogP contribution in [0.15, 0.2) is 0 Å². The lowest BCUT2D eigenvalue weighted by molar-refractivity contribution is -0.167. The van der Waals surface area contributed by atoms with Crippen molar-refractivity contribution in [3.05, 3.63) is 0 Å². The summed E-state index contributed by atoms with van der Waals surface area (Å²) < 4.78 is 0. The van der Waals surface area contributed by atoms with Crippen LogP contribution < -0.4 is 0 Å². The van der Waals surface area contributed by atoms with Crippen LogP contribution in [-0.2, 0) is 4.79 Å². The Morgan fingerprint density at radius 2 is 2.00 bits per heavy atom. The lowest BCUT2D eigenvalue weighted by Crippen LogP contribution is -2.57. The molecule has 3 rings (SSSR count). The van der Waals surface area contributed by atoms with Gasteiger partial charge in [0.1, 0.15) is 5.78 Å². The lowest BCUT2D eigenvalue weighted by atomic mass is 9.55. The summed E-state index contributed by atoms with van der Waals surface area (Å²) in [6.45, 7) is 0. The highest BCUT2D eigenvalue weighted by Crippen LogP contribution is 2.52. The maximum Gasteiger partial charge on any atom is 0.141 e. The molecule has 84 valence electrons. The summed E-state index contributed by atoms with van der Waals surface area (Å²) in [5, 5.41) is 10.8. The third-order valence-corrected chi connectivity index (χ3v) is 5.05. The van der Waals surface area contributed by atoms with E-state index in [0.717, 1.165) is 44.9 Å². The zero-order chi connectivity index (χ0) is 10.5. The molecule has 0 heterocycles. The number of Topliss-reactive ketones (excluding diaryl/α,β-unsaturated/α-hetero) is 1. The molecule has 2 heteroatoms. The van der Waals surface area contributed by atoms with Gasteiger partial charge in [-0.05, 0) is 38.0 Å². The predicted octanol–water partition coefficient (Wildman–Crippen LogP) is 2.30. The van der Waals surface area contributed by atoms with E-state index in [0.29, 0.717) is 17.6 Å². The second-order valence-electron chi connectivity index (χ2n) is 5.75. The molecule has 4 atom stereocenters. The second-order valence-corrected chi connectivity index (χ2v) is 5.75. The van der Waals surface area contributed by atoms with Gasteiger partial charge in [0.15, 0.2) is 0 Å². The summed E-state index contributed by atoms with van der Waals surface area (Å²) in [5.74, 6) is 1.11. The molecule has 0 saturated heterocycles. The first-order valence-electron chi connectivity index (χ1n) is 6.48. The van der Waals surface area contributed by atoms with Crippen molar-refractivity contribution in [2.24, 2.45) is 17.8 Å². The summed E-state index contributed by atoms with van der Waals surface area (Å²) in [4.78, 5) is 12.1. The van der Waals surface area contributed by atoms with Gasteiger partial charge in [-0.1, -0.05) is 19.3 Å². The van der Waals surface area contributed by atoms with Crippen molar-refractivity contribution in [1.29, 1.82) is 0 Å². The average molecular weight is 208 g/mol. The SMILES string of the molecule is O=C1[C@H]2CCC[C@H]1[C@]1(O)CCCC[C@H]1C2. The molecule has 0 aliphatic heterocycles. The van der Waals surface area contributed by atoms with E-state index in [4.69, 9.17) is 0 Å². The van der Waals surface area contributed by atoms with Crippen LogP contribution in [0.2, 0.25) is 0 Å². The molecule has 2 nitrogen and oxygen atoms in total. The number of hydrogen-bond donors (Lipinski definition) is 1. The van der Waals surface area contributed by atoms with Crippen molar-refractivity contribution < 1.29 is 9.90 Å². The molecule has 0 amide bonds. The predicted molar refractivity (Wildman–Crippen MR) is 57.4 cm³/mol. The summed E-state index contributed by atoms with van der Waals surface area (Å²) in [5.41, 5.74) is -0.605.